The van der Waals surface area contributed by atoms with Crippen molar-refractivity contribution in [1.29, 1.82) is 0 Å². The van der Waals surface area contributed by atoms with E-state index in [0.717, 1.165) is 0 Å². The van der Waals surface area contributed by atoms with Crippen LogP contribution in [0.4, 0.5) is 0 Å². The Morgan fingerprint density at radius 1 is 1.18 bits per heavy atom. The second-order valence-electron chi connectivity index (χ2n) is 4.16. The standard InChI is InChI=1S/C12H12O5/c1-7(8-5-4-6-15-8)9-10(13)16-12(2,3)17-11(9)14/h4-6H,1-3H3. The molecular weight excluding hydrogens is 224 g/mol. The highest BCUT2D eigenvalue weighted by Gasteiger charge is 2.40. The fourth-order valence-electron chi connectivity index (χ4n) is 1.57. The lowest BCUT2D eigenvalue weighted by Crippen LogP contribution is -2.42. The summed E-state index contributed by atoms with van der Waals surface area (Å²) >= 11 is 0. The Kier molecular flexibility index (Phi) is 2.53. The van der Waals surface area contributed by atoms with Crippen LogP contribution in [0.2, 0.25) is 0 Å². The van der Waals surface area contributed by atoms with Crippen LogP contribution in [0.3, 0.4) is 0 Å². The first-order valence-electron chi connectivity index (χ1n) is 5.12. The molecular formula is C12H12O5. The van der Waals surface area contributed by atoms with Crippen molar-refractivity contribution >= 4 is 17.5 Å². The van der Waals surface area contributed by atoms with Gasteiger partial charge in [-0.15, -0.1) is 0 Å². The maximum absolute atomic E-state index is 11.7. The Hall–Kier alpha value is -2.04. The van der Waals surface area contributed by atoms with Crippen molar-refractivity contribution in [2.24, 2.45) is 0 Å². The van der Waals surface area contributed by atoms with Crippen molar-refractivity contribution in [3.63, 3.8) is 0 Å². The van der Waals surface area contributed by atoms with Crippen molar-refractivity contribution in [1.82, 2.24) is 0 Å². The minimum atomic E-state index is -1.22. The molecule has 0 saturated carbocycles. The molecule has 1 aromatic rings. The summed E-state index contributed by atoms with van der Waals surface area (Å²) < 4.78 is 15.1. The van der Waals surface area contributed by atoms with Crippen molar-refractivity contribution in [3.8, 4) is 0 Å². The summed E-state index contributed by atoms with van der Waals surface area (Å²) in [5.41, 5.74) is 0.278. The zero-order chi connectivity index (χ0) is 12.6. The minimum Gasteiger partial charge on any atom is -0.465 e. The number of ether oxygens (including phenoxy) is 2. The van der Waals surface area contributed by atoms with E-state index in [1.54, 1.807) is 19.1 Å². The monoisotopic (exact) mass is 236 g/mol. The van der Waals surface area contributed by atoms with E-state index in [2.05, 4.69) is 0 Å². The summed E-state index contributed by atoms with van der Waals surface area (Å²) in [6.45, 7) is 4.61. The average molecular weight is 236 g/mol. The molecule has 90 valence electrons. The van der Waals surface area contributed by atoms with Crippen LogP contribution in [0, 0.1) is 0 Å². The maximum atomic E-state index is 11.7. The van der Waals surface area contributed by atoms with E-state index in [0.29, 0.717) is 11.3 Å². The third-order valence-corrected chi connectivity index (χ3v) is 2.35. The van der Waals surface area contributed by atoms with Crippen LogP contribution in [0.1, 0.15) is 26.5 Å². The Balaban J connectivity index is 2.43. The first-order valence-corrected chi connectivity index (χ1v) is 5.12. The van der Waals surface area contributed by atoms with Crippen molar-refractivity contribution < 1.29 is 23.5 Å². The van der Waals surface area contributed by atoms with Crippen LogP contribution >= 0.6 is 0 Å². The molecule has 0 spiro atoms. The molecule has 0 aromatic carbocycles. The topological polar surface area (TPSA) is 65.7 Å². The van der Waals surface area contributed by atoms with Crippen LogP contribution < -0.4 is 0 Å². The van der Waals surface area contributed by atoms with Gasteiger partial charge in [0.15, 0.2) is 5.57 Å². The van der Waals surface area contributed by atoms with E-state index in [1.807, 2.05) is 0 Å². The molecule has 0 unspecified atom stereocenters. The molecule has 1 aromatic heterocycles. The summed E-state index contributed by atoms with van der Waals surface area (Å²) in [7, 11) is 0. The number of cyclic esters (lactones) is 2. The second kappa shape index (κ2) is 3.76. The highest BCUT2D eigenvalue weighted by atomic mass is 16.7. The number of carbonyl (C=O) groups excluding carboxylic acids is 2. The third kappa shape index (κ3) is 2.08. The van der Waals surface area contributed by atoms with Crippen LogP contribution in [0.5, 0.6) is 0 Å². The number of allylic oxidation sites excluding steroid dienone is 1. The van der Waals surface area contributed by atoms with Gasteiger partial charge < -0.3 is 13.9 Å². The fourth-order valence-corrected chi connectivity index (χ4v) is 1.57. The summed E-state index contributed by atoms with van der Waals surface area (Å²) in [5.74, 6) is -2.17. The normalized spacial score (nSPS) is 18.6. The van der Waals surface area contributed by atoms with E-state index >= 15 is 0 Å². The highest BCUT2D eigenvalue weighted by molar-refractivity contribution is 6.20. The van der Waals surface area contributed by atoms with E-state index in [4.69, 9.17) is 13.9 Å². The maximum Gasteiger partial charge on any atom is 0.349 e. The number of carbonyl (C=O) groups is 2. The summed E-state index contributed by atoms with van der Waals surface area (Å²) in [6.07, 6.45) is 1.46. The number of furan rings is 1. The summed E-state index contributed by atoms with van der Waals surface area (Å²) in [4.78, 5) is 23.5. The van der Waals surface area contributed by atoms with Crippen LogP contribution in [0.15, 0.2) is 28.4 Å². The van der Waals surface area contributed by atoms with Gasteiger partial charge in [-0.2, -0.15) is 0 Å². The van der Waals surface area contributed by atoms with E-state index in [9.17, 15) is 9.59 Å². The molecule has 0 atom stereocenters. The quantitative estimate of drug-likeness (QED) is 0.423. The Morgan fingerprint density at radius 3 is 2.24 bits per heavy atom. The lowest BCUT2D eigenvalue weighted by molar-refractivity contribution is -0.222. The predicted molar refractivity (Wildman–Crippen MR) is 57.6 cm³/mol. The van der Waals surface area contributed by atoms with Crippen molar-refractivity contribution in [3.05, 3.63) is 29.7 Å². The Bertz CT molecular complexity index is 471. The van der Waals surface area contributed by atoms with Gasteiger partial charge in [0.2, 0.25) is 0 Å². The highest BCUT2D eigenvalue weighted by Crippen LogP contribution is 2.28. The SMILES string of the molecule is CC(=C1C(=O)OC(C)(C)OC1=O)c1ccco1. The fraction of sp³-hybridized carbons (Fsp3) is 0.333. The lowest BCUT2D eigenvalue weighted by atomic mass is 10.1. The zero-order valence-electron chi connectivity index (χ0n) is 9.77. The van der Waals surface area contributed by atoms with Gasteiger partial charge >= 0.3 is 11.9 Å². The van der Waals surface area contributed by atoms with Crippen LogP contribution in [-0.4, -0.2) is 17.7 Å². The van der Waals surface area contributed by atoms with Crippen LogP contribution in [0.25, 0.3) is 5.57 Å². The molecule has 0 bridgehead atoms. The van der Waals surface area contributed by atoms with Crippen LogP contribution in [-0.2, 0) is 19.1 Å². The molecule has 0 N–H and O–H groups in total. The molecule has 2 heterocycles. The summed E-state index contributed by atoms with van der Waals surface area (Å²) in [5, 5.41) is 0. The minimum absolute atomic E-state index is 0.126. The molecule has 1 aliphatic rings. The van der Waals surface area contributed by atoms with Gasteiger partial charge in [0, 0.05) is 19.4 Å². The Morgan fingerprint density at radius 2 is 1.76 bits per heavy atom. The molecule has 17 heavy (non-hydrogen) atoms. The number of rotatable bonds is 1. The third-order valence-electron chi connectivity index (χ3n) is 2.35. The molecule has 2 rings (SSSR count). The van der Waals surface area contributed by atoms with Gasteiger partial charge in [-0.3, -0.25) is 0 Å². The average Bonchev–Trinajstić information content (AvgIpc) is 2.66. The predicted octanol–water partition coefficient (Wildman–Crippen LogP) is 1.89. The van der Waals surface area contributed by atoms with Crippen molar-refractivity contribution in [2.45, 2.75) is 26.6 Å². The van der Waals surface area contributed by atoms with Gasteiger partial charge in [0.1, 0.15) is 5.76 Å². The number of hydrogen-bond donors (Lipinski definition) is 0. The molecule has 5 heteroatoms. The van der Waals surface area contributed by atoms with Gasteiger partial charge in [0.25, 0.3) is 5.79 Å². The zero-order valence-corrected chi connectivity index (χ0v) is 9.77. The molecule has 0 radical (unpaired) electrons. The Labute approximate surface area is 98.0 Å². The molecule has 5 nitrogen and oxygen atoms in total. The molecule has 0 aliphatic carbocycles. The van der Waals surface area contributed by atoms with E-state index in [-0.39, 0.29) is 5.57 Å². The lowest BCUT2D eigenvalue weighted by Gasteiger charge is -2.30. The number of esters is 2. The van der Waals surface area contributed by atoms with Gasteiger partial charge in [-0.25, -0.2) is 9.59 Å². The molecule has 1 fully saturated rings. The second-order valence-corrected chi connectivity index (χ2v) is 4.16. The van der Waals surface area contributed by atoms with E-state index in [1.165, 1.54) is 20.1 Å². The van der Waals surface area contributed by atoms with Crippen molar-refractivity contribution in [2.75, 3.05) is 0 Å². The van der Waals surface area contributed by atoms with E-state index < -0.39 is 17.7 Å². The summed E-state index contributed by atoms with van der Waals surface area (Å²) in [6, 6.07) is 3.32. The van der Waals surface area contributed by atoms with Gasteiger partial charge in [0.05, 0.1) is 6.26 Å². The molecule has 1 saturated heterocycles. The smallest absolute Gasteiger partial charge is 0.349 e. The first kappa shape index (κ1) is 11.4. The van der Waals surface area contributed by atoms with Gasteiger partial charge in [-0.05, 0) is 19.1 Å². The number of hydrogen-bond acceptors (Lipinski definition) is 5. The molecule has 1 aliphatic heterocycles. The molecule has 0 amide bonds. The van der Waals surface area contributed by atoms with Gasteiger partial charge in [-0.1, -0.05) is 0 Å². The largest absolute Gasteiger partial charge is 0.465 e. The first-order chi connectivity index (χ1) is 7.91.